The normalized spacial score (nSPS) is 16.7. The number of aryl methyl sites for hydroxylation is 1. The fourth-order valence-corrected chi connectivity index (χ4v) is 2.58. The molecule has 3 rings (SSSR count). The summed E-state index contributed by atoms with van der Waals surface area (Å²) in [5.41, 5.74) is -0.287. The molecule has 1 aliphatic heterocycles. The minimum Gasteiger partial charge on any atom is -0.487 e. The zero-order valence-electron chi connectivity index (χ0n) is 13.4. The second kappa shape index (κ2) is 5.73. The molecule has 128 valence electrons. The molecule has 1 aliphatic rings. The van der Waals surface area contributed by atoms with Gasteiger partial charge in [-0.3, -0.25) is 9.36 Å². The molecule has 0 saturated heterocycles. The number of anilines is 1. The average molecular weight is 338 g/mol. The molecule has 1 atom stereocenters. The van der Waals surface area contributed by atoms with Crippen molar-refractivity contribution in [2.45, 2.75) is 26.5 Å². The van der Waals surface area contributed by atoms with E-state index in [1.54, 1.807) is 20.9 Å². The summed E-state index contributed by atoms with van der Waals surface area (Å²) < 4.78 is 34.8. The monoisotopic (exact) mass is 338 g/mol. The summed E-state index contributed by atoms with van der Waals surface area (Å²) in [6, 6.07) is 1.83. The molecule has 0 aliphatic carbocycles. The van der Waals surface area contributed by atoms with Crippen molar-refractivity contribution in [3.8, 4) is 5.75 Å². The van der Waals surface area contributed by atoms with E-state index in [0.717, 1.165) is 16.8 Å². The van der Waals surface area contributed by atoms with Crippen LogP contribution in [0, 0.1) is 18.6 Å². The van der Waals surface area contributed by atoms with Crippen molar-refractivity contribution in [2.75, 3.05) is 11.4 Å². The number of benzene rings is 1. The topological polar surface area (TPSA) is 69.4 Å². The predicted octanol–water partition coefficient (Wildman–Crippen LogP) is 0.983. The Kier molecular flexibility index (Phi) is 3.86. The number of halogens is 2. The van der Waals surface area contributed by atoms with Gasteiger partial charge in [0.25, 0.3) is 0 Å². The van der Waals surface area contributed by atoms with E-state index in [4.69, 9.17) is 4.74 Å². The highest BCUT2D eigenvalue weighted by Crippen LogP contribution is 2.35. The van der Waals surface area contributed by atoms with E-state index in [1.807, 2.05) is 0 Å². The van der Waals surface area contributed by atoms with Crippen LogP contribution in [0.15, 0.2) is 16.9 Å². The van der Waals surface area contributed by atoms with Crippen LogP contribution in [0.5, 0.6) is 5.75 Å². The fourth-order valence-electron chi connectivity index (χ4n) is 2.58. The second-order valence-electron chi connectivity index (χ2n) is 5.71. The van der Waals surface area contributed by atoms with Gasteiger partial charge >= 0.3 is 5.69 Å². The van der Waals surface area contributed by atoms with Crippen molar-refractivity contribution in [2.24, 2.45) is 7.05 Å². The summed E-state index contributed by atoms with van der Waals surface area (Å²) >= 11 is 0. The molecule has 0 fully saturated rings. The summed E-state index contributed by atoms with van der Waals surface area (Å²) in [6.07, 6.45) is -0.395. The van der Waals surface area contributed by atoms with Gasteiger partial charge in [-0.1, -0.05) is 0 Å². The SMILES string of the molecule is Cc1nn(CC(=O)N2C[C@H](C)Oc3cc(F)c(F)cc32)c(=O)n1C. The van der Waals surface area contributed by atoms with E-state index in [9.17, 15) is 18.4 Å². The largest absolute Gasteiger partial charge is 0.487 e. The van der Waals surface area contributed by atoms with Crippen LogP contribution in [0.3, 0.4) is 0 Å². The zero-order chi connectivity index (χ0) is 17.6. The summed E-state index contributed by atoms with van der Waals surface area (Å²) in [6.45, 7) is 3.22. The number of carbonyl (C=O) groups is 1. The van der Waals surface area contributed by atoms with E-state index >= 15 is 0 Å². The lowest BCUT2D eigenvalue weighted by Gasteiger charge is -2.33. The first-order chi connectivity index (χ1) is 11.3. The quantitative estimate of drug-likeness (QED) is 0.819. The number of hydrogen-bond acceptors (Lipinski definition) is 4. The van der Waals surface area contributed by atoms with Crippen LogP contribution < -0.4 is 15.3 Å². The van der Waals surface area contributed by atoms with Crippen LogP contribution >= 0.6 is 0 Å². The summed E-state index contributed by atoms with van der Waals surface area (Å²) in [7, 11) is 1.55. The Morgan fingerprint density at radius 3 is 2.67 bits per heavy atom. The Balaban J connectivity index is 1.94. The van der Waals surface area contributed by atoms with Gasteiger partial charge in [0.1, 0.15) is 24.2 Å². The molecule has 2 aromatic rings. The van der Waals surface area contributed by atoms with Crippen LogP contribution in [-0.4, -0.2) is 32.9 Å². The second-order valence-corrected chi connectivity index (χ2v) is 5.71. The predicted molar refractivity (Wildman–Crippen MR) is 81.0 cm³/mol. The molecule has 2 heterocycles. The molecule has 0 spiro atoms. The number of amides is 1. The van der Waals surface area contributed by atoms with Gasteiger partial charge in [0, 0.05) is 19.2 Å². The van der Waals surface area contributed by atoms with E-state index in [0.29, 0.717) is 5.82 Å². The number of rotatable bonds is 2. The maximum absolute atomic E-state index is 13.5. The van der Waals surface area contributed by atoms with Gasteiger partial charge in [0.15, 0.2) is 11.6 Å². The van der Waals surface area contributed by atoms with Crippen molar-refractivity contribution in [3.63, 3.8) is 0 Å². The Hall–Kier alpha value is -2.71. The first-order valence-electron chi connectivity index (χ1n) is 7.34. The summed E-state index contributed by atoms with van der Waals surface area (Å²) in [5, 5.41) is 4.01. The molecule has 1 aromatic carbocycles. The van der Waals surface area contributed by atoms with Crippen molar-refractivity contribution in [1.29, 1.82) is 0 Å². The molecule has 7 nitrogen and oxygen atoms in total. The van der Waals surface area contributed by atoms with Gasteiger partial charge in [0.2, 0.25) is 5.91 Å². The number of carbonyl (C=O) groups excluding carboxylic acids is 1. The summed E-state index contributed by atoms with van der Waals surface area (Å²) in [4.78, 5) is 25.8. The first-order valence-corrected chi connectivity index (χ1v) is 7.34. The lowest BCUT2D eigenvalue weighted by Crippen LogP contribution is -2.45. The Morgan fingerprint density at radius 2 is 2.04 bits per heavy atom. The van der Waals surface area contributed by atoms with Crippen molar-refractivity contribution in [1.82, 2.24) is 14.3 Å². The molecular weight excluding hydrogens is 322 g/mol. The van der Waals surface area contributed by atoms with E-state index in [2.05, 4.69) is 5.10 Å². The maximum atomic E-state index is 13.5. The van der Waals surface area contributed by atoms with E-state index < -0.39 is 29.3 Å². The van der Waals surface area contributed by atoms with Crippen LogP contribution in [-0.2, 0) is 18.4 Å². The zero-order valence-corrected chi connectivity index (χ0v) is 13.4. The highest BCUT2D eigenvalue weighted by Gasteiger charge is 2.30. The minimum absolute atomic E-state index is 0.0885. The van der Waals surface area contributed by atoms with Gasteiger partial charge in [0.05, 0.1) is 12.2 Å². The number of nitrogens with zero attached hydrogens (tertiary/aromatic N) is 4. The average Bonchev–Trinajstić information content (AvgIpc) is 2.75. The van der Waals surface area contributed by atoms with Crippen molar-refractivity contribution < 1.29 is 18.3 Å². The number of aromatic nitrogens is 3. The van der Waals surface area contributed by atoms with Gasteiger partial charge in [-0.25, -0.2) is 18.3 Å². The highest BCUT2D eigenvalue weighted by molar-refractivity contribution is 5.95. The first kappa shape index (κ1) is 16.2. The molecule has 9 heteroatoms. The maximum Gasteiger partial charge on any atom is 0.346 e. The van der Waals surface area contributed by atoms with Crippen LogP contribution in [0.4, 0.5) is 14.5 Å². The fraction of sp³-hybridized carbons (Fsp3) is 0.400. The Bertz CT molecular complexity index is 874. The molecule has 0 unspecified atom stereocenters. The van der Waals surface area contributed by atoms with Gasteiger partial charge < -0.3 is 9.64 Å². The third-order valence-corrected chi connectivity index (χ3v) is 3.91. The third kappa shape index (κ3) is 2.66. The third-order valence-electron chi connectivity index (χ3n) is 3.91. The molecule has 0 N–H and O–H groups in total. The molecular formula is C15H16F2N4O3. The molecule has 0 radical (unpaired) electrons. The van der Waals surface area contributed by atoms with Gasteiger partial charge in [-0.2, -0.15) is 5.10 Å². The van der Waals surface area contributed by atoms with Crippen LogP contribution in [0.1, 0.15) is 12.7 Å². The van der Waals surface area contributed by atoms with Crippen LogP contribution in [0.2, 0.25) is 0 Å². The lowest BCUT2D eigenvalue weighted by molar-refractivity contribution is -0.119. The number of fused-ring (bicyclic) bond motifs is 1. The molecule has 24 heavy (non-hydrogen) atoms. The lowest BCUT2D eigenvalue weighted by atomic mass is 10.2. The standard InChI is InChI=1S/C15H16F2N4O3/c1-8-6-20(12-4-10(16)11(17)5-13(12)24-8)14(22)7-21-15(23)19(3)9(2)18-21/h4-5,8H,6-7H2,1-3H3/t8-/m0/s1. The number of hydrogen-bond donors (Lipinski definition) is 0. The smallest absolute Gasteiger partial charge is 0.346 e. The van der Waals surface area contributed by atoms with Crippen molar-refractivity contribution >= 4 is 11.6 Å². The molecule has 0 saturated carbocycles. The highest BCUT2D eigenvalue weighted by atomic mass is 19.2. The minimum atomic E-state index is -1.07. The number of ether oxygens (including phenoxy) is 1. The summed E-state index contributed by atoms with van der Waals surface area (Å²) in [5.74, 6) is -2.03. The van der Waals surface area contributed by atoms with Crippen molar-refractivity contribution in [3.05, 3.63) is 40.1 Å². The van der Waals surface area contributed by atoms with Crippen LogP contribution in [0.25, 0.3) is 0 Å². The van der Waals surface area contributed by atoms with E-state index in [1.165, 1.54) is 9.47 Å². The molecule has 1 aromatic heterocycles. The van der Waals surface area contributed by atoms with Gasteiger partial charge in [-0.05, 0) is 13.8 Å². The Labute approximate surface area is 136 Å². The Morgan fingerprint density at radius 1 is 1.38 bits per heavy atom. The van der Waals surface area contributed by atoms with Gasteiger partial charge in [-0.15, -0.1) is 0 Å². The van der Waals surface area contributed by atoms with E-state index in [-0.39, 0.29) is 24.5 Å². The molecule has 0 bridgehead atoms. The molecule has 1 amide bonds.